The number of rotatable bonds is 9. The van der Waals surface area contributed by atoms with Gasteiger partial charge in [0.15, 0.2) is 19.5 Å². The zero-order chi connectivity index (χ0) is 22.6. The summed E-state index contributed by atoms with van der Waals surface area (Å²) in [5.74, 6) is -4.16. The number of carbonyl (C=O) groups is 3. The molecule has 30 heavy (non-hydrogen) atoms. The highest BCUT2D eigenvalue weighted by Gasteiger charge is 2.51. The second-order valence-electron chi connectivity index (χ2n) is 6.01. The molecule has 0 aliphatic carbocycles. The minimum Gasteiger partial charge on any atom is -0.481 e. The molecule has 5 N–H and O–H groups in total. The summed E-state index contributed by atoms with van der Waals surface area (Å²) >= 11 is 4.65. The van der Waals surface area contributed by atoms with Gasteiger partial charge in [0, 0.05) is 19.4 Å². The van der Waals surface area contributed by atoms with Crippen LogP contribution in [0, 0.1) is 0 Å². The summed E-state index contributed by atoms with van der Waals surface area (Å²) in [5.41, 5.74) is -1.58. The molecule has 0 saturated carbocycles. The van der Waals surface area contributed by atoms with Crippen molar-refractivity contribution in [2.24, 2.45) is 0 Å². The maximum absolute atomic E-state index is 12.6. The Hall–Kier alpha value is -2.42. The molecule has 0 bridgehead atoms. The van der Waals surface area contributed by atoms with Crippen molar-refractivity contribution in [2.75, 3.05) is 7.11 Å². The molecular formula is C14H18N3O11PS. The summed E-state index contributed by atoms with van der Waals surface area (Å²) in [6.45, 7) is 0. The number of methoxy groups -OCH3 is 1. The van der Waals surface area contributed by atoms with Gasteiger partial charge in [-0.25, -0.2) is 9.59 Å². The van der Waals surface area contributed by atoms with Crippen molar-refractivity contribution in [3.05, 3.63) is 33.1 Å². The maximum Gasteiger partial charge on any atom is 0.330 e. The van der Waals surface area contributed by atoms with E-state index in [9.17, 15) is 28.9 Å². The first-order valence-electron chi connectivity index (χ1n) is 8.19. The van der Waals surface area contributed by atoms with Crippen LogP contribution in [-0.2, 0) is 40.2 Å². The molecule has 2 unspecified atom stereocenters. The largest absolute Gasteiger partial charge is 0.481 e. The Kier molecular flexibility index (Phi) is 8.00. The van der Waals surface area contributed by atoms with Gasteiger partial charge < -0.3 is 34.4 Å². The van der Waals surface area contributed by atoms with Crippen LogP contribution >= 0.6 is 7.15 Å². The topological polar surface area (TPSA) is 206 Å². The first-order valence-corrected chi connectivity index (χ1v) is 10.7. The third-order valence-electron chi connectivity index (χ3n) is 4.08. The summed E-state index contributed by atoms with van der Waals surface area (Å²) < 4.78 is 16.9. The summed E-state index contributed by atoms with van der Waals surface area (Å²) in [5, 5.41) is 19.9. The van der Waals surface area contributed by atoms with E-state index in [1.54, 1.807) is 0 Å². The van der Waals surface area contributed by atoms with Crippen LogP contribution in [0.15, 0.2) is 21.9 Å². The standard InChI is InChI=1S/C14H18N3O11PS/c1-26-10-8(28-29(25)30)9(11(21)15-5(13(22)23)4-7(19)20)27-12(10)17-3-2-6(18)16-14(17)24/h2-3,5,8-10,12,29H,4H2,1H3,(H,15,21)(H,19,20)(H,22,23)(H,25,30)(H,16,18,24)/t5-,8?,9+,10+,12-/m1/s1. The van der Waals surface area contributed by atoms with Crippen LogP contribution in [0.5, 0.6) is 0 Å². The van der Waals surface area contributed by atoms with Crippen LogP contribution in [0.2, 0.25) is 0 Å². The second kappa shape index (κ2) is 10.1. The SMILES string of the molecule is CO[C@H]1C(O[PH](O)=S)[C@@H](C(=O)N[C@H](CC(=O)O)C(=O)O)O[C@H]1n1ccc(=O)[nH]c1=O. The van der Waals surface area contributed by atoms with Crippen LogP contribution < -0.4 is 16.6 Å². The van der Waals surface area contributed by atoms with E-state index in [4.69, 9.17) is 24.2 Å². The fraction of sp³-hybridized carbons (Fsp3) is 0.500. The number of carbonyl (C=O) groups excluding carboxylic acids is 1. The summed E-state index contributed by atoms with van der Waals surface area (Å²) in [7, 11) is -1.62. The van der Waals surface area contributed by atoms with E-state index in [2.05, 4.69) is 11.8 Å². The van der Waals surface area contributed by atoms with Gasteiger partial charge in [-0.1, -0.05) is 0 Å². The Balaban J connectivity index is 2.38. The lowest BCUT2D eigenvalue weighted by molar-refractivity contribution is -0.149. The predicted octanol–water partition coefficient (Wildman–Crippen LogP) is -2.62. The molecule has 166 valence electrons. The molecule has 14 nitrogen and oxygen atoms in total. The molecule has 1 aromatic heterocycles. The van der Waals surface area contributed by atoms with Crippen LogP contribution in [0.3, 0.4) is 0 Å². The molecule has 1 fully saturated rings. The van der Waals surface area contributed by atoms with Gasteiger partial charge in [-0.05, 0) is 11.8 Å². The molecule has 0 aromatic carbocycles. The monoisotopic (exact) mass is 467 g/mol. The molecule has 0 spiro atoms. The second-order valence-corrected chi connectivity index (χ2v) is 7.83. The highest BCUT2D eigenvalue weighted by molar-refractivity contribution is 8.00. The average molecular weight is 467 g/mol. The van der Waals surface area contributed by atoms with Crippen molar-refractivity contribution in [1.29, 1.82) is 0 Å². The summed E-state index contributed by atoms with van der Waals surface area (Å²) in [4.78, 5) is 69.6. The number of hydrogen-bond acceptors (Lipinski definition) is 9. The number of nitrogens with one attached hydrogen (secondary N) is 2. The van der Waals surface area contributed by atoms with Gasteiger partial charge in [-0.2, -0.15) is 0 Å². The van der Waals surface area contributed by atoms with Gasteiger partial charge in [-0.3, -0.25) is 23.9 Å². The lowest BCUT2D eigenvalue weighted by Gasteiger charge is -2.23. The van der Waals surface area contributed by atoms with E-state index in [-0.39, 0.29) is 0 Å². The van der Waals surface area contributed by atoms with Crippen molar-refractivity contribution in [3.8, 4) is 0 Å². The van der Waals surface area contributed by atoms with Crippen molar-refractivity contribution in [1.82, 2.24) is 14.9 Å². The summed E-state index contributed by atoms with van der Waals surface area (Å²) in [6.07, 6.45) is -5.31. The zero-order valence-electron chi connectivity index (χ0n) is 15.2. The third-order valence-corrected chi connectivity index (χ3v) is 4.84. The first kappa shape index (κ1) is 23.9. The molecule has 0 radical (unpaired) electrons. The van der Waals surface area contributed by atoms with E-state index in [0.717, 1.165) is 16.8 Å². The average Bonchev–Trinajstić information content (AvgIpc) is 2.98. The molecule has 1 saturated heterocycles. The van der Waals surface area contributed by atoms with E-state index in [0.29, 0.717) is 0 Å². The van der Waals surface area contributed by atoms with Gasteiger partial charge in [0.25, 0.3) is 11.5 Å². The fourth-order valence-corrected chi connectivity index (χ4v) is 3.65. The quantitative estimate of drug-likeness (QED) is 0.237. The van der Waals surface area contributed by atoms with E-state index < -0.39 is 73.2 Å². The predicted molar refractivity (Wildman–Crippen MR) is 101 cm³/mol. The Bertz CT molecular complexity index is 963. The molecule has 6 atom stereocenters. The number of H-pyrrole nitrogens is 1. The minimum absolute atomic E-state index is 0.685. The Labute approximate surface area is 173 Å². The van der Waals surface area contributed by atoms with Gasteiger partial charge in [0.2, 0.25) is 0 Å². The number of aromatic amines is 1. The Morgan fingerprint density at radius 1 is 1.37 bits per heavy atom. The number of ether oxygens (including phenoxy) is 2. The van der Waals surface area contributed by atoms with Crippen molar-refractivity contribution < 1.29 is 43.5 Å². The molecule has 2 rings (SSSR count). The number of carboxylic acid groups (broad SMARTS) is 2. The van der Waals surface area contributed by atoms with Gasteiger partial charge in [0.05, 0.1) is 6.42 Å². The zero-order valence-corrected chi connectivity index (χ0v) is 17.0. The van der Waals surface area contributed by atoms with Crippen LogP contribution in [-0.4, -0.2) is 74.0 Å². The lowest BCUT2D eigenvalue weighted by atomic mass is 10.1. The number of aliphatic carboxylic acids is 2. The van der Waals surface area contributed by atoms with E-state index >= 15 is 0 Å². The highest BCUT2D eigenvalue weighted by atomic mass is 32.4. The van der Waals surface area contributed by atoms with Gasteiger partial charge in [-0.15, -0.1) is 0 Å². The summed E-state index contributed by atoms with van der Waals surface area (Å²) in [6, 6.07) is -0.764. The van der Waals surface area contributed by atoms with Crippen molar-refractivity contribution in [3.63, 3.8) is 0 Å². The number of nitrogens with zero attached hydrogens (tertiary/aromatic N) is 1. The molecule has 2 heterocycles. The Morgan fingerprint density at radius 2 is 2.03 bits per heavy atom. The smallest absolute Gasteiger partial charge is 0.330 e. The number of hydrogen-bond donors (Lipinski definition) is 5. The molecule has 16 heteroatoms. The lowest BCUT2D eigenvalue weighted by Crippen LogP contribution is -2.50. The van der Waals surface area contributed by atoms with Crippen molar-refractivity contribution >= 4 is 36.8 Å². The van der Waals surface area contributed by atoms with Gasteiger partial charge in [0.1, 0.15) is 18.2 Å². The fourth-order valence-electron chi connectivity index (χ4n) is 2.83. The van der Waals surface area contributed by atoms with E-state index in [1.165, 1.54) is 7.11 Å². The van der Waals surface area contributed by atoms with Gasteiger partial charge >= 0.3 is 17.6 Å². The van der Waals surface area contributed by atoms with Crippen molar-refractivity contribution in [2.45, 2.75) is 37.0 Å². The minimum atomic E-state index is -2.82. The van der Waals surface area contributed by atoms with Crippen LogP contribution in [0.1, 0.15) is 12.6 Å². The molecule has 1 aliphatic rings. The Morgan fingerprint density at radius 3 is 2.53 bits per heavy atom. The molecule has 1 aliphatic heterocycles. The number of carboxylic acids is 2. The first-order chi connectivity index (χ1) is 14.0. The normalized spacial score (nSPS) is 25.4. The molecule has 1 aromatic rings. The molecule has 1 amide bonds. The maximum atomic E-state index is 12.6. The van der Waals surface area contributed by atoms with Crippen LogP contribution in [0.4, 0.5) is 0 Å². The highest BCUT2D eigenvalue weighted by Crippen LogP contribution is 2.37. The van der Waals surface area contributed by atoms with Crippen LogP contribution in [0.25, 0.3) is 0 Å². The number of amides is 1. The number of aromatic nitrogens is 2. The van der Waals surface area contributed by atoms with E-state index in [1.807, 2.05) is 10.3 Å². The molecular weight excluding hydrogens is 449 g/mol. The third kappa shape index (κ3) is 5.59.